The molecule has 0 spiro atoms. The van der Waals surface area contributed by atoms with Gasteiger partial charge < -0.3 is 14.3 Å². The van der Waals surface area contributed by atoms with E-state index in [2.05, 4.69) is 15.0 Å². The molecule has 0 saturated carbocycles. The van der Waals surface area contributed by atoms with Crippen LogP contribution in [-0.4, -0.2) is 26.7 Å². The van der Waals surface area contributed by atoms with Gasteiger partial charge in [0, 0.05) is 29.2 Å². The Kier molecular flexibility index (Phi) is 5.66. The maximum atomic E-state index is 11.5. The van der Waals surface area contributed by atoms with Gasteiger partial charge in [0.1, 0.15) is 11.5 Å². The van der Waals surface area contributed by atoms with E-state index >= 15 is 0 Å². The molecule has 0 aliphatic heterocycles. The predicted octanol–water partition coefficient (Wildman–Crippen LogP) is 4.87. The fourth-order valence-corrected chi connectivity index (χ4v) is 4.46. The minimum Gasteiger partial charge on any atom is -0.494 e. The fourth-order valence-electron chi connectivity index (χ4n) is 3.73. The number of rotatable bonds is 7. The lowest BCUT2D eigenvalue weighted by molar-refractivity contribution is 0.322. The van der Waals surface area contributed by atoms with Crippen LogP contribution < -0.4 is 9.61 Å². The summed E-state index contributed by atoms with van der Waals surface area (Å²) in [5.74, 6) is 1.95. The minimum atomic E-state index is -0.287. The standard InChI is InChI=1S/C25H21N3O4S/c1-15-19(27-24(32-15)16-7-3-2-4-8-16)11-12-31-21-14-26-20(17-9-5-6-10-18(17)21)13-22-23(29)28-25(30)33-22/h2-10,14,29H,11-13H2,1H3,(H,28,30). The number of ether oxygens (including phenoxy) is 1. The third-order valence-corrected chi connectivity index (χ3v) is 6.25. The average molecular weight is 460 g/mol. The number of thiazole rings is 1. The van der Waals surface area contributed by atoms with E-state index in [4.69, 9.17) is 9.15 Å². The summed E-state index contributed by atoms with van der Waals surface area (Å²) in [7, 11) is 0. The van der Waals surface area contributed by atoms with E-state index in [-0.39, 0.29) is 10.8 Å². The third-order valence-electron chi connectivity index (χ3n) is 5.38. The molecular weight excluding hydrogens is 438 g/mol. The molecule has 0 atom stereocenters. The van der Waals surface area contributed by atoms with Crippen molar-refractivity contribution in [1.29, 1.82) is 0 Å². The second kappa shape index (κ2) is 8.91. The molecule has 2 N–H and O–H groups in total. The van der Waals surface area contributed by atoms with Gasteiger partial charge in [0.15, 0.2) is 0 Å². The van der Waals surface area contributed by atoms with Crippen LogP contribution in [0.2, 0.25) is 0 Å². The van der Waals surface area contributed by atoms with Gasteiger partial charge in [-0.2, -0.15) is 0 Å². The van der Waals surface area contributed by atoms with Crippen molar-refractivity contribution in [3.05, 3.63) is 92.5 Å². The van der Waals surface area contributed by atoms with E-state index in [1.165, 1.54) is 0 Å². The predicted molar refractivity (Wildman–Crippen MR) is 127 cm³/mol. The highest BCUT2D eigenvalue weighted by molar-refractivity contribution is 7.09. The molecule has 0 aliphatic carbocycles. The maximum Gasteiger partial charge on any atom is 0.307 e. The van der Waals surface area contributed by atoms with Crippen LogP contribution in [-0.2, 0) is 12.8 Å². The van der Waals surface area contributed by atoms with Crippen molar-refractivity contribution in [2.24, 2.45) is 0 Å². The Morgan fingerprint density at radius 1 is 1.06 bits per heavy atom. The van der Waals surface area contributed by atoms with Crippen molar-refractivity contribution < 1.29 is 14.3 Å². The Hall–Kier alpha value is -3.91. The number of H-pyrrole nitrogens is 1. The van der Waals surface area contributed by atoms with Crippen LogP contribution in [0.1, 0.15) is 22.0 Å². The lowest BCUT2D eigenvalue weighted by Gasteiger charge is -2.11. The van der Waals surface area contributed by atoms with E-state index in [1.807, 2.05) is 61.5 Å². The van der Waals surface area contributed by atoms with Crippen molar-refractivity contribution in [2.45, 2.75) is 19.8 Å². The first-order valence-corrected chi connectivity index (χ1v) is 11.3. The van der Waals surface area contributed by atoms with Gasteiger partial charge >= 0.3 is 4.87 Å². The number of oxazole rings is 1. The number of benzene rings is 2. The summed E-state index contributed by atoms with van der Waals surface area (Å²) in [5, 5.41) is 11.8. The zero-order valence-corrected chi connectivity index (χ0v) is 18.7. The molecule has 7 nitrogen and oxygen atoms in total. The number of aromatic nitrogens is 3. The summed E-state index contributed by atoms with van der Waals surface area (Å²) in [5.41, 5.74) is 2.57. The van der Waals surface area contributed by atoms with Gasteiger partial charge in [-0.25, -0.2) is 4.98 Å². The number of hydrogen-bond acceptors (Lipinski definition) is 7. The van der Waals surface area contributed by atoms with Crippen LogP contribution in [0.25, 0.3) is 22.2 Å². The molecule has 0 radical (unpaired) electrons. The van der Waals surface area contributed by atoms with Crippen molar-refractivity contribution in [1.82, 2.24) is 15.0 Å². The molecule has 33 heavy (non-hydrogen) atoms. The molecule has 3 aromatic heterocycles. The lowest BCUT2D eigenvalue weighted by atomic mass is 10.1. The molecular formula is C25H21N3O4S. The lowest BCUT2D eigenvalue weighted by Crippen LogP contribution is -2.04. The molecule has 166 valence electrons. The zero-order chi connectivity index (χ0) is 22.8. The first-order valence-electron chi connectivity index (χ1n) is 10.5. The molecule has 2 aromatic carbocycles. The number of fused-ring (bicyclic) bond motifs is 1. The van der Waals surface area contributed by atoms with Crippen molar-refractivity contribution >= 4 is 22.1 Å². The van der Waals surface area contributed by atoms with Gasteiger partial charge in [-0.05, 0) is 19.1 Å². The SMILES string of the molecule is Cc1oc(-c2ccccc2)nc1CCOc1cnc(Cc2sc(=O)[nH]c2O)c2ccccc12. The van der Waals surface area contributed by atoms with Crippen LogP contribution in [0.15, 0.2) is 70.0 Å². The Balaban J connectivity index is 1.34. The molecule has 0 aliphatic rings. The van der Waals surface area contributed by atoms with E-state index in [0.717, 1.165) is 44.8 Å². The summed E-state index contributed by atoms with van der Waals surface area (Å²) in [6.07, 6.45) is 2.65. The van der Waals surface area contributed by atoms with E-state index < -0.39 is 0 Å². The molecule has 3 heterocycles. The van der Waals surface area contributed by atoms with Crippen molar-refractivity contribution in [2.75, 3.05) is 6.61 Å². The Morgan fingerprint density at radius 3 is 2.58 bits per heavy atom. The Labute approximate surface area is 193 Å². The van der Waals surface area contributed by atoms with Crippen LogP contribution in [0, 0.1) is 6.92 Å². The number of nitrogens with zero attached hydrogens (tertiary/aromatic N) is 2. The summed E-state index contributed by atoms with van der Waals surface area (Å²) in [6, 6.07) is 17.6. The number of aromatic hydroxyl groups is 1. The normalized spacial score (nSPS) is 11.2. The second-order valence-corrected chi connectivity index (χ2v) is 8.63. The van der Waals surface area contributed by atoms with Gasteiger partial charge in [0.25, 0.3) is 0 Å². The Morgan fingerprint density at radius 2 is 1.82 bits per heavy atom. The van der Waals surface area contributed by atoms with Crippen LogP contribution in [0.4, 0.5) is 0 Å². The maximum absolute atomic E-state index is 11.5. The van der Waals surface area contributed by atoms with Gasteiger partial charge in [-0.15, -0.1) is 0 Å². The number of nitrogens with one attached hydrogen (secondary N) is 1. The summed E-state index contributed by atoms with van der Waals surface area (Å²) in [6.45, 7) is 2.33. The van der Waals surface area contributed by atoms with Crippen LogP contribution >= 0.6 is 11.3 Å². The molecule has 0 bridgehead atoms. The molecule has 0 unspecified atom stereocenters. The van der Waals surface area contributed by atoms with E-state index in [0.29, 0.717) is 36.0 Å². The number of pyridine rings is 1. The number of aromatic amines is 1. The van der Waals surface area contributed by atoms with Crippen LogP contribution in [0.3, 0.4) is 0 Å². The molecule has 0 saturated heterocycles. The highest BCUT2D eigenvalue weighted by atomic mass is 32.1. The van der Waals surface area contributed by atoms with Gasteiger partial charge in [0.05, 0.1) is 29.1 Å². The molecule has 0 fully saturated rings. The zero-order valence-electron chi connectivity index (χ0n) is 17.9. The minimum absolute atomic E-state index is 0.103. The third kappa shape index (κ3) is 4.38. The largest absolute Gasteiger partial charge is 0.494 e. The van der Waals surface area contributed by atoms with Crippen LogP contribution in [0.5, 0.6) is 11.6 Å². The van der Waals surface area contributed by atoms with E-state index in [9.17, 15) is 9.90 Å². The van der Waals surface area contributed by atoms with Crippen molar-refractivity contribution in [3.8, 4) is 23.1 Å². The second-order valence-electron chi connectivity index (χ2n) is 7.56. The van der Waals surface area contributed by atoms with Gasteiger partial charge in [0.2, 0.25) is 11.8 Å². The first kappa shape index (κ1) is 21.0. The highest BCUT2D eigenvalue weighted by Crippen LogP contribution is 2.30. The summed E-state index contributed by atoms with van der Waals surface area (Å²) >= 11 is 0.987. The van der Waals surface area contributed by atoms with Gasteiger partial charge in [-0.3, -0.25) is 14.8 Å². The number of aryl methyl sites for hydroxylation is 1. The summed E-state index contributed by atoms with van der Waals surface area (Å²) < 4.78 is 11.9. The first-order chi connectivity index (χ1) is 16.1. The van der Waals surface area contributed by atoms with Crippen molar-refractivity contribution in [3.63, 3.8) is 0 Å². The average Bonchev–Trinajstić information content (AvgIpc) is 3.36. The molecule has 8 heteroatoms. The topological polar surface area (TPSA) is 101 Å². The highest BCUT2D eigenvalue weighted by Gasteiger charge is 2.15. The number of hydrogen-bond donors (Lipinski definition) is 2. The quantitative estimate of drug-likeness (QED) is 0.360. The summed E-state index contributed by atoms with van der Waals surface area (Å²) in [4.78, 5) is 23.4. The molecule has 5 rings (SSSR count). The molecule has 5 aromatic rings. The monoisotopic (exact) mass is 459 g/mol. The van der Waals surface area contributed by atoms with Gasteiger partial charge in [-0.1, -0.05) is 53.8 Å². The van der Waals surface area contributed by atoms with E-state index in [1.54, 1.807) is 6.20 Å². The fraction of sp³-hybridized carbons (Fsp3) is 0.160. The molecule has 0 amide bonds. The smallest absolute Gasteiger partial charge is 0.307 e. The Bertz CT molecular complexity index is 1470.